The fourth-order valence-corrected chi connectivity index (χ4v) is 0.671. The minimum atomic E-state index is 0.290. The van der Waals surface area contributed by atoms with Crippen molar-refractivity contribution >= 4 is 49.1 Å². The molecule has 0 aliphatic rings. The lowest BCUT2D eigenvalue weighted by atomic mass is 10.8. The number of hydrogen-bond donors (Lipinski definition) is 2. The van der Waals surface area contributed by atoms with Gasteiger partial charge in [-0.1, -0.05) is 0 Å². The Balaban J connectivity index is 0.000000791. The Labute approximate surface area is 106 Å². The van der Waals surface area contributed by atoms with Gasteiger partial charge >= 0.3 is 6.01 Å². The molecule has 0 amide bonds. The Morgan fingerprint density at radius 3 is 1.71 bits per heavy atom. The van der Waals surface area contributed by atoms with Crippen molar-refractivity contribution in [3.8, 4) is 6.01 Å². The molecule has 1 heterocycles. The number of ether oxygens (including phenoxy) is 1. The molecule has 0 unspecified atom stereocenters. The maximum Gasteiger partial charge on any atom is 0.322 e. The summed E-state index contributed by atoms with van der Waals surface area (Å²) in [5.41, 5.74) is 0. The molecule has 1 rings (SSSR count). The molecular weight excluding hydrogens is 412 g/mol. The van der Waals surface area contributed by atoms with Crippen molar-refractivity contribution in [3.05, 3.63) is 0 Å². The summed E-state index contributed by atoms with van der Waals surface area (Å²) < 4.78 is 4.86. The maximum atomic E-state index is 4.86. The quantitative estimate of drug-likeness (QED) is 0.723. The molecule has 0 fully saturated rings. The fraction of sp³-hybridized carbons (Fsp3) is 0.500. The summed E-state index contributed by atoms with van der Waals surface area (Å²) in [5, 5.41) is 5.59. The topological polar surface area (TPSA) is 72.0 Å². The van der Waals surface area contributed by atoms with Gasteiger partial charge in [0.1, 0.15) is 0 Å². The molecule has 1 aromatic rings. The number of nitrogens with zero attached hydrogens (tertiary/aromatic N) is 3. The van der Waals surface area contributed by atoms with Gasteiger partial charge in [-0.05, 0) is 0 Å². The lowest BCUT2D eigenvalue weighted by molar-refractivity contribution is 0.379. The molecule has 2 N–H and O–H groups in total. The van der Waals surface area contributed by atoms with Crippen LogP contribution in [0.2, 0.25) is 0 Å². The van der Waals surface area contributed by atoms with Crippen LogP contribution in [0.3, 0.4) is 0 Å². The van der Waals surface area contributed by atoms with Gasteiger partial charge in [0.05, 0.1) is 7.11 Å². The Morgan fingerprint density at radius 1 is 1.00 bits per heavy atom. The highest BCUT2D eigenvalue weighted by Gasteiger charge is 2.02. The van der Waals surface area contributed by atoms with Crippen molar-refractivity contribution in [3.63, 3.8) is 0 Å². The molecule has 0 saturated carbocycles. The SMILES string of the molecule is CNc1nc(NC)nc(OC)n1.II. The van der Waals surface area contributed by atoms with E-state index in [9.17, 15) is 0 Å². The molecule has 0 aromatic carbocycles. The Kier molecular flexibility index (Phi) is 8.12. The van der Waals surface area contributed by atoms with E-state index in [1.54, 1.807) is 14.1 Å². The summed E-state index contributed by atoms with van der Waals surface area (Å²) in [6, 6.07) is 0.290. The number of hydrogen-bond acceptors (Lipinski definition) is 6. The molecule has 6 nitrogen and oxygen atoms in total. The van der Waals surface area contributed by atoms with Crippen LogP contribution in [0.25, 0.3) is 0 Å². The Hall–Kier alpha value is -0.130. The number of methoxy groups -OCH3 is 1. The second kappa shape index (κ2) is 8.20. The fourth-order valence-electron chi connectivity index (χ4n) is 0.671. The van der Waals surface area contributed by atoms with Crippen LogP contribution in [0.1, 0.15) is 0 Å². The zero-order valence-electron chi connectivity index (χ0n) is 8.01. The lowest BCUT2D eigenvalue weighted by Gasteiger charge is -2.03. The molecular formula is C6H11I2N5O. The van der Waals surface area contributed by atoms with E-state index < -0.39 is 0 Å². The van der Waals surface area contributed by atoms with Crippen LogP contribution in [0.4, 0.5) is 11.9 Å². The van der Waals surface area contributed by atoms with Crippen LogP contribution < -0.4 is 15.4 Å². The van der Waals surface area contributed by atoms with Crippen LogP contribution in [-0.4, -0.2) is 36.2 Å². The molecule has 1 aromatic heterocycles. The predicted octanol–water partition coefficient (Wildman–Crippen LogP) is 1.73. The highest BCUT2D eigenvalue weighted by atomic mass is 128. The summed E-state index contributed by atoms with van der Waals surface area (Å²) in [6.45, 7) is 0. The largest absolute Gasteiger partial charge is 0.467 e. The Morgan fingerprint density at radius 2 is 1.43 bits per heavy atom. The van der Waals surface area contributed by atoms with Gasteiger partial charge in [0, 0.05) is 51.3 Å². The van der Waals surface area contributed by atoms with Gasteiger partial charge in [-0.2, -0.15) is 15.0 Å². The van der Waals surface area contributed by atoms with Crippen LogP contribution in [0.5, 0.6) is 6.01 Å². The molecule has 0 spiro atoms. The minimum absolute atomic E-state index is 0.290. The van der Waals surface area contributed by atoms with Gasteiger partial charge in [0.15, 0.2) is 0 Å². The third-order valence-electron chi connectivity index (χ3n) is 1.24. The third kappa shape index (κ3) is 4.39. The molecule has 0 aliphatic heterocycles. The van der Waals surface area contributed by atoms with Crippen LogP contribution in [0, 0.1) is 0 Å². The highest BCUT2D eigenvalue weighted by molar-refractivity contribution is 15.0. The van der Waals surface area contributed by atoms with Gasteiger partial charge in [0.2, 0.25) is 11.9 Å². The van der Waals surface area contributed by atoms with Crippen molar-refractivity contribution in [2.75, 3.05) is 31.8 Å². The van der Waals surface area contributed by atoms with Gasteiger partial charge in [0.25, 0.3) is 0 Å². The van der Waals surface area contributed by atoms with Crippen LogP contribution in [0.15, 0.2) is 0 Å². The number of nitrogens with one attached hydrogen (secondary N) is 2. The zero-order valence-corrected chi connectivity index (χ0v) is 12.3. The normalized spacial score (nSPS) is 8.36. The summed E-state index contributed by atoms with van der Waals surface area (Å²) in [6.07, 6.45) is 0. The van der Waals surface area contributed by atoms with E-state index in [0.717, 1.165) is 0 Å². The molecule has 0 saturated heterocycles. The van der Waals surface area contributed by atoms with E-state index in [1.165, 1.54) is 7.11 Å². The number of rotatable bonds is 3. The Bertz CT molecular complexity index is 217. The molecule has 8 heteroatoms. The summed E-state index contributed by atoms with van der Waals surface area (Å²) in [7, 11) is 4.97. The molecule has 80 valence electrons. The predicted molar refractivity (Wildman–Crippen MR) is 73.5 cm³/mol. The first-order chi connectivity index (χ1) is 6.80. The molecule has 0 radical (unpaired) electrons. The summed E-state index contributed by atoms with van der Waals surface area (Å²) >= 11 is 4.24. The van der Waals surface area contributed by atoms with Crippen molar-refractivity contribution in [2.24, 2.45) is 0 Å². The van der Waals surface area contributed by atoms with Gasteiger partial charge in [-0.15, -0.1) is 0 Å². The standard InChI is InChI=1S/C6H11N5O.I2/c1-7-4-9-5(8-2)11-6(10-4)12-3;1-2/h1-3H3,(H2,7,8,9,10,11);. The van der Waals surface area contributed by atoms with E-state index in [4.69, 9.17) is 4.74 Å². The second-order valence-electron chi connectivity index (χ2n) is 1.97. The van der Waals surface area contributed by atoms with Crippen molar-refractivity contribution in [1.82, 2.24) is 15.0 Å². The van der Waals surface area contributed by atoms with Crippen molar-refractivity contribution in [1.29, 1.82) is 0 Å². The second-order valence-corrected chi connectivity index (χ2v) is 1.97. The summed E-state index contributed by atoms with van der Waals surface area (Å²) in [4.78, 5) is 11.8. The number of aromatic nitrogens is 3. The third-order valence-corrected chi connectivity index (χ3v) is 1.24. The molecule has 0 atom stereocenters. The van der Waals surface area contributed by atoms with E-state index >= 15 is 0 Å². The first-order valence-corrected chi connectivity index (χ1v) is 9.88. The van der Waals surface area contributed by atoms with Crippen LogP contribution >= 0.6 is 37.2 Å². The maximum absolute atomic E-state index is 4.86. The van der Waals surface area contributed by atoms with Gasteiger partial charge < -0.3 is 15.4 Å². The molecule has 0 bridgehead atoms. The van der Waals surface area contributed by atoms with Gasteiger partial charge in [-0.3, -0.25) is 0 Å². The molecule has 14 heavy (non-hydrogen) atoms. The smallest absolute Gasteiger partial charge is 0.322 e. The zero-order chi connectivity index (χ0) is 11.0. The number of anilines is 2. The lowest BCUT2D eigenvalue weighted by Crippen LogP contribution is -2.05. The first-order valence-electron chi connectivity index (χ1n) is 3.60. The average Bonchev–Trinajstić information content (AvgIpc) is 2.30. The van der Waals surface area contributed by atoms with E-state index in [0.29, 0.717) is 17.9 Å². The van der Waals surface area contributed by atoms with Gasteiger partial charge in [-0.25, -0.2) is 0 Å². The minimum Gasteiger partial charge on any atom is -0.467 e. The van der Waals surface area contributed by atoms with Crippen LogP contribution in [-0.2, 0) is 0 Å². The monoisotopic (exact) mass is 423 g/mol. The summed E-state index contributed by atoms with van der Waals surface area (Å²) in [5.74, 6) is 0.956. The average molecular weight is 423 g/mol. The van der Waals surface area contributed by atoms with E-state index in [-0.39, 0.29) is 0 Å². The van der Waals surface area contributed by atoms with Crippen molar-refractivity contribution < 1.29 is 4.74 Å². The van der Waals surface area contributed by atoms with E-state index in [2.05, 4.69) is 62.8 Å². The number of halogens is 2. The highest BCUT2D eigenvalue weighted by Crippen LogP contribution is 2.08. The molecule has 0 aliphatic carbocycles. The van der Waals surface area contributed by atoms with E-state index in [1.807, 2.05) is 0 Å². The first kappa shape index (κ1) is 13.9. The van der Waals surface area contributed by atoms with Crippen molar-refractivity contribution in [2.45, 2.75) is 0 Å².